The van der Waals surface area contributed by atoms with E-state index < -0.39 is 23.3 Å². The van der Waals surface area contributed by atoms with Gasteiger partial charge >= 0.3 is 0 Å². The van der Waals surface area contributed by atoms with E-state index in [9.17, 15) is 23.6 Å². The number of halogens is 1. The fourth-order valence-corrected chi connectivity index (χ4v) is 5.29. The summed E-state index contributed by atoms with van der Waals surface area (Å²) in [6.07, 6.45) is 5.28. The van der Waals surface area contributed by atoms with Crippen molar-refractivity contribution in [3.8, 4) is 0 Å². The highest BCUT2D eigenvalue weighted by Gasteiger charge is 2.46. The number of nitrogens with zero attached hydrogens (tertiary/aromatic N) is 2. The maximum atomic E-state index is 13.9. The number of nitrogens with one attached hydrogen (secondary N) is 2. The predicted molar refractivity (Wildman–Crippen MR) is 129 cm³/mol. The number of rotatable bonds is 6. The van der Waals surface area contributed by atoms with E-state index >= 15 is 0 Å². The molecule has 2 aromatic rings. The molecule has 36 heavy (non-hydrogen) atoms. The summed E-state index contributed by atoms with van der Waals surface area (Å²) in [5.41, 5.74) is -0.0364. The van der Waals surface area contributed by atoms with Crippen LogP contribution in [0.4, 0.5) is 15.8 Å². The Morgan fingerprint density at radius 2 is 1.86 bits per heavy atom. The largest absolute Gasteiger partial charge is 0.459 e. The summed E-state index contributed by atoms with van der Waals surface area (Å²) in [5.74, 6) is -1.42. The van der Waals surface area contributed by atoms with Crippen LogP contribution >= 0.6 is 0 Å². The topological polar surface area (TPSA) is 112 Å². The zero-order chi connectivity index (χ0) is 25.4. The molecule has 1 aliphatic carbocycles. The van der Waals surface area contributed by atoms with Crippen molar-refractivity contribution >= 4 is 34.9 Å². The molecule has 190 valence electrons. The lowest BCUT2D eigenvalue weighted by molar-refractivity contribution is -0.133. The van der Waals surface area contributed by atoms with Crippen LogP contribution in [0.25, 0.3) is 0 Å². The van der Waals surface area contributed by atoms with Crippen LogP contribution in [0, 0.1) is 5.82 Å². The minimum Gasteiger partial charge on any atom is -0.459 e. The average molecular weight is 497 g/mol. The Kier molecular flexibility index (Phi) is 6.27. The number of furan rings is 1. The summed E-state index contributed by atoms with van der Waals surface area (Å²) >= 11 is 0. The van der Waals surface area contributed by atoms with E-state index in [2.05, 4.69) is 10.6 Å². The minimum absolute atomic E-state index is 0.0196. The number of benzene rings is 1. The molecule has 1 aromatic heterocycles. The van der Waals surface area contributed by atoms with E-state index in [1.165, 1.54) is 23.3 Å². The van der Waals surface area contributed by atoms with Crippen LogP contribution in [-0.4, -0.2) is 54.2 Å². The van der Waals surface area contributed by atoms with Gasteiger partial charge in [-0.15, -0.1) is 0 Å². The molecule has 5 rings (SSSR count). The van der Waals surface area contributed by atoms with Crippen LogP contribution in [0.3, 0.4) is 0 Å². The Balaban J connectivity index is 1.27. The van der Waals surface area contributed by atoms with Gasteiger partial charge < -0.3 is 20.0 Å². The summed E-state index contributed by atoms with van der Waals surface area (Å²) in [5, 5.41) is 5.76. The van der Waals surface area contributed by atoms with E-state index in [4.69, 9.17) is 4.42 Å². The van der Waals surface area contributed by atoms with Crippen molar-refractivity contribution in [2.45, 2.75) is 63.1 Å². The van der Waals surface area contributed by atoms with E-state index in [0.717, 1.165) is 19.3 Å². The first kappa shape index (κ1) is 24.0. The second-order valence-electron chi connectivity index (χ2n) is 9.79. The van der Waals surface area contributed by atoms with Gasteiger partial charge in [-0.25, -0.2) is 4.39 Å². The third-order valence-corrected chi connectivity index (χ3v) is 7.42. The van der Waals surface area contributed by atoms with Crippen LogP contribution in [0.5, 0.6) is 0 Å². The summed E-state index contributed by atoms with van der Waals surface area (Å²) in [6.45, 7) is 2.21. The molecule has 2 N–H and O–H groups in total. The van der Waals surface area contributed by atoms with Crippen molar-refractivity contribution in [2.75, 3.05) is 22.9 Å². The van der Waals surface area contributed by atoms with Gasteiger partial charge in [0.15, 0.2) is 11.5 Å². The quantitative estimate of drug-likeness (QED) is 0.595. The molecule has 2 saturated heterocycles. The summed E-state index contributed by atoms with van der Waals surface area (Å²) in [6, 6.07) is 6.34. The molecule has 10 heteroatoms. The molecule has 0 radical (unpaired) electrons. The first-order chi connectivity index (χ1) is 17.3. The number of carbonyl (C=O) groups excluding carboxylic acids is 4. The Bertz CT molecular complexity index is 1190. The van der Waals surface area contributed by atoms with Crippen molar-refractivity contribution in [3.63, 3.8) is 0 Å². The summed E-state index contributed by atoms with van der Waals surface area (Å²) < 4.78 is 19.1. The van der Waals surface area contributed by atoms with Crippen molar-refractivity contribution in [1.29, 1.82) is 0 Å². The average Bonchev–Trinajstić information content (AvgIpc) is 3.24. The summed E-state index contributed by atoms with van der Waals surface area (Å²) in [4.78, 5) is 54.5. The lowest BCUT2D eigenvalue weighted by Gasteiger charge is -2.39. The maximum absolute atomic E-state index is 13.9. The highest BCUT2D eigenvalue weighted by Crippen LogP contribution is 2.39. The standard InChI is InChI=1S/C26H29FN4O5/c1-16-24(34)31(16)20-14-17(27)7-8-19(20)30-12-9-18(21(32)15-30)28-25(35)26(10-3-2-4-11-26)29-23(33)22-6-5-13-36-22/h5-8,13-14,16,18H,2-4,9-12,15H2,1H3,(H,28,35)(H,29,33). The van der Waals surface area contributed by atoms with Crippen molar-refractivity contribution in [2.24, 2.45) is 0 Å². The van der Waals surface area contributed by atoms with E-state index in [-0.39, 0.29) is 35.9 Å². The van der Waals surface area contributed by atoms with E-state index in [1.54, 1.807) is 25.1 Å². The second-order valence-corrected chi connectivity index (χ2v) is 9.79. The van der Waals surface area contributed by atoms with Gasteiger partial charge in [-0.3, -0.25) is 24.1 Å². The Morgan fingerprint density at radius 3 is 2.50 bits per heavy atom. The number of Topliss-reactive ketones (excluding diaryl/α,β-unsaturated/α-hetero) is 1. The Labute approximate surface area is 208 Å². The minimum atomic E-state index is -1.10. The van der Waals surface area contributed by atoms with Gasteiger partial charge in [-0.1, -0.05) is 19.3 Å². The fourth-order valence-electron chi connectivity index (χ4n) is 5.29. The molecule has 0 spiro atoms. The number of anilines is 2. The van der Waals surface area contributed by atoms with Crippen LogP contribution in [0.1, 0.15) is 56.0 Å². The van der Waals surface area contributed by atoms with Crippen molar-refractivity contribution in [1.82, 2.24) is 10.6 Å². The zero-order valence-electron chi connectivity index (χ0n) is 20.1. The number of ketones is 1. The number of amides is 3. The molecule has 9 nitrogen and oxygen atoms in total. The van der Waals surface area contributed by atoms with Crippen LogP contribution in [0.15, 0.2) is 41.0 Å². The maximum Gasteiger partial charge on any atom is 0.287 e. The zero-order valence-corrected chi connectivity index (χ0v) is 20.1. The number of hydrogen-bond acceptors (Lipinski definition) is 6. The number of piperidine rings is 1. The molecule has 3 heterocycles. The van der Waals surface area contributed by atoms with Crippen LogP contribution in [-0.2, 0) is 14.4 Å². The smallest absolute Gasteiger partial charge is 0.287 e. The monoisotopic (exact) mass is 496 g/mol. The lowest BCUT2D eigenvalue weighted by atomic mass is 9.80. The third kappa shape index (κ3) is 4.47. The Morgan fingerprint density at radius 1 is 1.11 bits per heavy atom. The molecule has 3 amide bonds. The van der Waals surface area contributed by atoms with Gasteiger partial charge in [0.1, 0.15) is 17.4 Å². The molecule has 2 atom stereocenters. The molecular weight excluding hydrogens is 467 g/mol. The first-order valence-electron chi connectivity index (χ1n) is 12.4. The normalized spacial score (nSPS) is 23.4. The molecule has 2 aliphatic heterocycles. The van der Waals surface area contributed by atoms with Crippen LogP contribution < -0.4 is 20.4 Å². The van der Waals surface area contributed by atoms with Gasteiger partial charge in [0, 0.05) is 6.54 Å². The second kappa shape index (κ2) is 9.40. The lowest BCUT2D eigenvalue weighted by Crippen LogP contribution is -2.63. The van der Waals surface area contributed by atoms with Crippen molar-refractivity contribution in [3.05, 3.63) is 48.2 Å². The predicted octanol–water partition coefficient (Wildman–Crippen LogP) is 2.55. The highest BCUT2D eigenvalue weighted by molar-refractivity contribution is 6.17. The van der Waals surface area contributed by atoms with Gasteiger partial charge in [0.25, 0.3) is 11.8 Å². The van der Waals surface area contributed by atoms with Gasteiger partial charge in [0.05, 0.1) is 30.2 Å². The third-order valence-electron chi connectivity index (χ3n) is 7.42. The van der Waals surface area contributed by atoms with E-state index in [1.807, 2.05) is 4.90 Å². The highest BCUT2D eigenvalue weighted by atomic mass is 19.1. The number of hydrogen-bond donors (Lipinski definition) is 2. The van der Waals surface area contributed by atoms with E-state index in [0.29, 0.717) is 37.2 Å². The fraction of sp³-hybridized carbons (Fsp3) is 0.462. The molecule has 3 aliphatic rings. The molecule has 0 bridgehead atoms. The van der Waals surface area contributed by atoms with Gasteiger partial charge in [-0.2, -0.15) is 0 Å². The summed E-state index contributed by atoms with van der Waals surface area (Å²) in [7, 11) is 0. The molecular formula is C26H29FN4O5. The van der Waals surface area contributed by atoms with Crippen LogP contribution in [0.2, 0.25) is 0 Å². The molecule has 2 unspecified atom stereocenters. The first-order valence-corrected chi connectivity index (χ1v) is 12.4. The number of carbonyl (C=O) groups is 4. The van der Waals surface area contributed by atoms with Gasteiger partial charge in [-0.05, 0) is 56.5 Å². The Hall–Kier alpha value is -3.69. The molecule has 1 saturated carbocycles. The van der Waals surface area contributed by atoms with Gasteiger partial charge in [0.2, 0.25) is 5.91 Å². The SMILES string of the molecule is CC1C(=O)N1c1cc(F)ccc1N1CCC(NC(=O)C2(NC(=O)c3ccco3)CCCCC2)C(=O)C1. The van der Waals surface area contributed by atoms with Crippen molar-refractivity contribution < 1.29 is 28.0 Å². The molecule has 1 aromatic carbocycles. The molecule has 3 fully saturated rings.